The summed E-state index contributed by atoms with van der Waals surface area (Å²) >= 11 is 5.86. The van der Waals surface area contributed by atoms with E-state index in [1.165, 1.54) is 0 Å². The summed E-state index contributed by atoms with van der Waals surface area (Å²) in [4.78, 5) is 17.4. The highest BCUT2D eigenvalue weighted by Gasteiger charge is 2.20. The molecule has 0 aliphatic carbocycles. The Bertz CT molecular complexity index is 604. The number of carbonyl (C=O) groups excluding carboxylic acids is 1. The highest BCUT2D eigenvalue weighted by molar-refractivity contribution is 6.30. The molecule has 0 unspecified atom stereocenters. The fourth-order valence-corrected chi connectivity index (χ4v) is 2.60. The van der Waals surface area contributed by atoms with E-state index in [9.17, 15) is 4.79 Å². The van der Waals surface area contributed by atoms with Gasteiger partial charge in [-0.05, 0) is 50.2 Å². The van der Waals surface area contributed by atoms with Gasteiger partial charge in [0.25, 0.3) is 5.89 Å². The number of aromatic nitrogens is 2. The Morgan fingerprint density at radius 1 is 1.29 bits per heavy atom. The smallest absolute Gasteiger partial charge is 0.257 e. The molecule has 2 aromatic rings. The van der Waals surface area contributed by atoms with Crippen LogP contribution in [-0.4, -0.2) is 34.4 Å². The topological polar surface area (TPSA) is 59.2 Å². The first-order valence-corrected chi connectivity index (χ1v) is 7.38. The van der Waals surface area contributed by atoms with Crippen LogP contribution in [0.3, 0.4) is 0 Å². The standard InChI is InChI=1S/C15H16ClN3O2/c16-13-3-1-12(2-4-13)15-17-14(18-21-15)9-19-7-5-11(10-20)6-8-19/h1-4,10-11H,5-9H2. The van der Waals surface area contributed by atoms with Crippen LogP contribution in [0.2, 0.25) is 5.02 Å². The van der Waals surface area contributed by atoms with Crippen molar-refractivity contribution >= 4 is 17.9 Å². The fourth-order valence-electron chi connectivity index (χ4n) is 2.48. The van der Waals surface area contributed by atoms with Gasteiger partial charge in [0.1, 0.15) is 6.29 Å². The minimum atomic E-state index is 0.205. The lowest BCUT2D eigenvalue weighted by Crippen LogP contribution is -2.33. The normalized spacial score (nSPS) is 17.0. The third-order valence-corrected chi connectivity index (χ3v) is 4.00. The molecule has 0 bridgehead atoms. The SMILES string of the molecule is O=CC1CCN(Cc2noc(-c3ccc(Cl)cc3)n2)CC1. The minimum absolute atomic E-state index is 0.205. The summed E-state index contributed by atoms with van der Waals surface area (Å²) in [5.74, 6) is 1.38. The molecule has 1 aliphatic heterocycles. The monoisotopic (exact) mass is 305 g/mol. The maximum atomic E-state index is 10.7. The Morgan fingerprint density at radius 3 is 2.67 bits per heavy atom. The van der Waals surface area contributed by atoms with Crippen LogP contribution in [0.4, 0.5) is 0 Å². The van der Waals surface area contributed by atoms with Gasteiger partial charge >= 0.3 is 0 Å². The second-order valence-corrected chi connectivity index (χ2v) is 5.71. The zero-order chi connectivity index (χ0) is 14.7. The van der Waals surface area contributed by atoms with E-state index in [1.807, 2.05) is 12.1 Å². The third kappa shape index (κ3) is 3.49. The molecule has 0 radical (unpaired) electrons. The second kappa shape index (κ2) is 6.37. The molecule has 1 aromatic carbocycles. The number of piperidine rings is 1. The van der Waals surface area contributed by atoms with Crippen LogP contribution in [0.25, 0.3) is 11.5 Å². The van der Waals surface area contributed by atoms with E-state index >= 15 is 0 Å². The molecule has 1 saturated heterocycles. The summed E-state index contributed by atoms with van der Waals surface area (Å²) in [5, 5.41) is 4.70. The molecule has 1 fully saturated rings. The van der Waals surface area contributed by atoms with Crippen molar-refractivity contribution < 1.29 is 9.32 Å². The summed E-state index contributed by atoms with van der Waals surface area (Å²) < 4.78 is 5.29. The van der Waals surface area contributed by atoms with Crippen molar-refractivity contribution in [3.63, 3.8) is 0 Å². The number of rotatable bonds is 4. The quantitative estimate of drug-likeness (QED) is 0.813. The Morgan fingerprint density at radius 2 is 2.00 bits per heavy atom. The van der Waals surface area contributed by atoms with Crippen molar-refractivity contribution in [1.29, 1.82) is 0 Å². The molecule has 0 atom stereocenters. The van der Waals surface area contributed by atoms with Gasteiger partial charge in [0.15, 0.2) is 5.82 Å². The third-order valence-electron chi connectivity index (χ3n) is 3.75. The number of hydrogen-bond donors (Lipinski definition) is 0. The summed E-state index contributed by atoms with van der Waals surface area (Å²) in [6, 6.07) is 7.31. The zero-order valence-corrected chi connectivity index (χ0v) is 12.3. The maximum Gasteiger partial charge on any atom is 0.257 e. The lowest BCUT2D eigenvalue weighted by atomic mass is 9.99. The Labute approximate surface area is 127 Å². The molecule has 1 aliphatic rings. The van der Waals surface area contributed by atoms with Crippen molar-refractivity contribution in [3.05, 3.63) is 35.1 Å². The summed E-state index contributed by atoms with van der Waals surface area (Å²) in [6.07, 6.45) is 2.88. The molecule has 2 heterocycles. The summed E-state index contributed by atoms with van der Waals surface area (Å²) in [5.41, 5.74) is 0.859. The molecule has 21 heavy (non-hydrogen) atoms. The van der Waals surface area contributed by atoms with E-state index < -0.39 is 0 Å². The number of benzene rings is 1. The molecule has 0 N–H and O–H groups in total. The number of likely N-dealkylation sites (tertiary alicyclic amines) is 1. The molecule has 1 aromatic heterocycles. The van der Waals surface area contributed by atoms with Crippen LogP contribution in [0.5, 0.6) is 0 Å². The summed E-state index contributed by atoms with van der Waals surface area (Å²) in [6.45, 7) is 2.45. The van der Waals surface area contributed by atoms with Gasteiger partial charge in [-0.1, -0.05) is 16.8 Å². The van der Waals surface area contributed by atoms with Gasteiger partial charge in [0.2, 0.25) is 0 Å². The van der Waals surface area contributed by atoms with Crippen molar-refractivity contribution in [1.82, 2.24) is 15.0 Å². The molecule has 6 heteroatoms. The Balaban J connectivity index is 1.63. The molecule has 3 rings (SSSR count). The van der Waals surface area contributed by atoms with Gasteiger partial charge in [-0.2, -0.15) is 4.98 Å². The predicted molar refractivity (Wildman–Crippen MR) is 78.8 cm³/mol. The molecule has 0 amide bonds. The number of nitrogens with zero attached hydrogens (tertiary/aromatic N) is 3. The van der Waals surface area contributed by atoms with Gasteiger partial charge in [0.05, 0.1) is 6.54 Å². The first-order valence-electron chi connectivity index (χ1n) is 7.01. The Hall–Kier alpha value is -1.72. The number of carbonyl (C=O) groups is 1. The average Bonchev–Trinajstić information content (AvgIpc) is 2.97. The van der Waals surface area contributed by atoms with Crippen LogP contribution in [0, 0.1) is 5.92 Å². The van der Waals surface area contributed by atoms with Crippen LogP contribution in [0.15, 0.2) is 28.8 Å². The molecule has 0 spiro atoms. The van der Waals surface area contributed by atoms with E-state index in [0.717, 1.165) is 37.8 Å². The van der Waals surface area contributed by atoms with Crippen LogP contribution in [-0.2, 0) is 11.3 Å². The molecular formula is C15H16ClN3O2. The van der Waals surface area contributed by atoms with Gasteiger partial charge in [0, 0.05) is 16.5 Å². The highest BCUT2D eigenvalue weighted by atomic mass is 35.5. The van der Waals surface area contributed by atoms with E-state index in [4.69, 9.17) is 16.1 Å². The average molecular weight is 306 g/mol. The first-order chi connectivity index (χ1) is 10.2. The molecular weight excluding hydrogens is 290 g/mol. The van der Waals surface area contributed by atoms with Gasteiger partial charge in [-0.25, -0.2) is 0 Å². The highest BCUT2D eigenvalue weighted by Crippen LogP contribution is 2.21. The number of aldehydes is 1. The van der Waals surface area contributed by atoms with E-state index in [1.54, 1.807) is 12.1 Å². The largest absolute Gasteiger partial charge is 0.334 e. The Kier molecular flexibility index (Phi) is 4.31. The molecule has 0 saturated carbocycles. The van der Waals surface area contributed by atoms with Gasteiger partial charge in [-0.15, -0.1) is 0 Å². The minimum Gasteiger partial charge on any atom is -0.334 e. The number of hydrogen-bond acceptors (Lipinski definition) is 5. The zero-order valence-electron chi connectivity index (χ0n) is 11.5. The maximum absolute atomic E-state index is 10.7. The van der Waals surface area contributed by atoms with Crippen LogP contribution >= 0.6 is 11.6 Å². The lowest BCUT2D eigenvalue weighted by molar-refractivity contribution is -0.112. The van der Waals surface area contributed by atoms with Crippen LogP contribution < -0.4 is 0 Å². The van der Waals surface area contributed by atoms with Gasteiger partial charge < -0.3 is 9.32 Å². The van der Waals surface area contributed by atoms with Crippen molar-refractivity contribution in [2.75, 3.05) is 13.1 Å². The fraction of sp³-hybridized carbons (Fsp3) is 0.400. The van der Waals surface area contributed by atoms with Gasteiger partial charge in [-0.3, -0.25) is 4.90 Å². The van der Waals surface area contributed by atoms with E-state index in [-0.39, 0.29) is 5.92 Å². The second-order valence-electron chi connectivity index (χ2n) is 5.27. The molecule has 5 nitrogen and oxygen atoms in total. The lowest BCUT2D eigenvalue weighted by Gasteiger charge is -2.28. The summed E-state index contributed by atoms with van der Waals surface area (Å²) in [7, 11) is 0. The van der Waals surface area contributed by atoms with Crippen LogP contribution in [0.1, 0.15) is 18.7 Å². The van der Waals surface area contributed by atoms with E-state index in [0.29, 0.717) is 23.3 Å². The van der Waals surface area contributed by atoms with Crippen molar-refractivity contribution in [3.8, 4) is 11.5 Å². The predicted octanol–water partition coefficient (Wildman–Crippen LogP) is 2.80. The van der Waals surface area contributed by atoms with E-state index in [2.05, 4.69) is 15.0 Å². The van der Waals surface area contributed by atoms with Crippen molar-refractivity contribution in [2.24, 2.45) is 5.92 Å². The number of halogens is 1. The van der Waals surface area contributed by atoms with Crippen molar-refractivity contribution in [2.45, 2.75) is 19.4 Å². The molecule has 110 valence electrons. The first kappa shape index (κ1) is 14.2.